The number of phenolic OH excluding ortho intramolecular Hbond substituents is 2. The molecule has 0 radical (unpaired) electrons. The zero-order valence-electron chi connectivity index (χ0n) is 49.2. The molecular formula is C62H71ClN12O14S2. The van der Waals surface area contributed by atoms with Gasteiger partial charge in [0.2, 0.25) is 59.1 Å². The lowest BCUT2D eigenvalue weighted by Crippen LogP contribution is -2.71. The van der Waals surface area contributed by atoms with Crippen molar-refractivity contribution < 1.29 is 68.1 Å². The first-order valence-corrected chi connectivity index (χ1v) is 31.7. The maximum absolute atomic E-state index is 15.2. The van der Waals surface area contributed by atoms with Gasteiger partial charge in [-0.05, 0) is 116 Å². The number of hydrogen-bond donors (Lipinski definition) is 15. The lowest BCUT2D eigenvalue weighted by molar-refractivity contribution is -0.140. The van der Waals surface area contributed by atoms with Crippen molar-refractivity contribution in [2.24, 2.45) is 11.5 Å². The predicted octanol–water partition coefficient (Wildman–Crippen LogP) is -0.558. The summed E-state index contributed by atoms with van der Waals surface area (Å²) in [5.41, 5.74) is 13.4. The summed E-state index contributed by atoms with van der Waals surface area (Å²) < 4.78 is 0. The van der Waals surface area contributed by atoms with Crippen molar-refractivity contribution in [3.63, 3.8) is 0 Å². The van der Waals surface area contributed by atoms with Crippen molar-refractivity contribution in [1.29, 1.82) is 0 Å². The Balaban J connectivity index is 1.29. The van der Waals surface area contributed by atoms with E-state index >= 15 is 4.79 Å². The van der Waals surface area contributed by atoms with Crippen LogP contribution in [0.2, 0.25) is 5.02 Å². The van der Waals surface area contributed by atoms with E-state index in [4.69, 9.17) is 23.1 Å². The molecule has 0 aromatic heterocycles. The van der Waals surface area contributed by atoms with Crippen molar-refractivity contribution >= 4 is 98.2 Å². The second-order valence-corrected chi connectivity index (χ2v) is 24.6. The fourth-order valence-electron chi connectivity index (χ4n) is 9.82. The first-order chi connectivity index (χ1) is 43.5. The normalized spacial score (nSPS) is 21.2. The lowest BCUT2D eigenvalue weighted by Gasteiger charge is -2.40. The number of aliphatic hydroxyl groups excluding tert-OH is 1. The molecule has 1 unspecified atom stereocenters. The van der Waals surface area contributed by atoms with E-state index in [0.717, 1.165) is 21.6 Å². The first kappa shape index (κ1) is 69.3. The van der Waals surface area contributed by atoms with E-state index < -0.39 is 137 Å². The highest BCUT2D eigenvalue weighted by Crippen LogP contribution is 2.35. The van der Waals surface area contributed by atoms with Crippen LogP contribution in [0.1, 0.15) is 62.2 Å². The van der Waals surface area contributed by atoms with Crippen molar-refractivity contribution in [2.75, 3.05) is 25.9 Å². The molecule has 0 saturated carbocycles. The Morgan fingerprint density at radius 2 is 1.15 bits per heavy atom. The number of rotatable bonds is 23. The molecule has 5 aromatic rings. The number of amides is 11. The molecular weight excluding hydrogens is 1240 g/mol. The molecule has 482 valence electrons. The minimum atomic E-state index is -1.96. The number of primary amides is 2. The molecule has 11 amide bonds. The van der Waals surface area contributed by atoms with Gasteiger partial charge in [0.05, 0.1) is 17.9 Å². The Kier molecular flexibility index (Phi) is 25.5. The number of aliphatic hydroxyl groups is 1. The molecule has 10 atom stereocenters. The topological polar surface area (TPSA) is 421 Å². The number of benzene rings is 5. The zero-order valence-corrected chi connectivity index (χ0v) is 51.5. The summed E-state index contributed by atoms with van der Waals surface area (Å²) in [6.07, 6.45) is -2.12. The van der Waals surface area contributed by atoms with E-state index in [1.807, 2.05) is 0 Å². The van der Waals surface area contributed by atoms with Gasteiger partial charge in [0, 0.05) is 47.6 Å². The number of unbranched alkanes of at least 4 members (excludes halogenated alkanes) is 1. The number of piperidine rings is 1. The highest BCUT2D eigenvalue weighted by Gasteiger charge is 2.49. The van der Waals surface area contributed by atoms with Crippen molar-refractivity contribution in [3.8, 4) is 11.5 Å². The quantitative estimate of drug-likeness (QED) is 0.0288. The van der Waals surface area contributed by atoms with Gasteiger partial charge in [0.15, 0.2) is 0 Å². The van der Waals surface area contributed by atoms with E-state index in [-0.39, 0.29) is 54.7 Å². The third-order valence-corrected chi connectivity index (χ3v) is 17.9. The lowest BCUT2D eigenvalue weighted by atomic mass is 9.94. The molecule has 2 saturated heterocycles. The number of nitrogens with two attached hydrogens (primary N) is 2. The Hall–Kier alpha value is -9.22. The maximum atomic E-state index is 15.2. The predicted molar refractivity (Wildman–Crippen MR) is 338 cm³/mol. The minimum Gasteiger partial charge on any atom is -0.508 e. The molecule has 0 spiro atoms. The molecule has 91 heavy (non-hydrogen) atoms. The van der Waals surface area contributed by atoms with Gasteiger partial charge in [-0.25, -0.2) is 0 Å². The van der Waals surface area contributed by atoms with Crippen LogP contribution in [0.5, 0.6) is 11.5 Å². The number of hydrogen-bond acceptors (Lipinski definition) is 17. The average molecular weight is 1310 g/mol. The fraction of sp³-hybridized carbons (Fsp3) is 0.339. The first-order valence-electron chi connectivity index (χ1n) is 28.9. The number of carbonyl (C=O) groups is 11. The minimum absolute atomic E-state index is 0.0338. The van der Waals surface area contributed by atoms with Crippen molar-refractivity contribution in [1.82, 2.24) is 53.2 Å². The number of carbonyl (C=O) groups excluding carboxylic acids is 11. The Labute approximate surface area is 536 Å². The number of halogens is 1. The Morgan fingerprint density at radius 1 is 0.615 bits per heavy atom. The smallest absolute Gasteiger partial charge is 0.251 e. The van der Waals surface area contributed by atoms with Crippen LogP contribution in [0, 0.1) is 0 Å². The number of phenols is 2. The molecule has 5 aromatic carbocycles. The van der Waals surface area contributed by atoms with E-state index in [1.54, 1.807) is 49.5 Å². The number of aromatic hydroxyl groups is 2. The summed E-state index contributed by atoms with van der Waals surface area (Å²) in [6.45, 7) is -0.0850. The van der Waals surface area contributed by atoms with Crippen LogP contribution in [0.3, 0.4) is 0 Å². The van der Waals surface area contributed by atoms with Gasteiger partial charge in [-0.2, -0.15) is 0 Å². The van der Waals surface area contributed by atoms with Crippen LogP contribution >= 0.6 is 33.2 Å². The summed E-state index contributed by atoms with van der Waals surface area (Å²) in [4.78, 5) is 155. The monoisotopic (exact) mass is 1310 g/mol. The van der Waals surface area contributed by atoms with Gasteiger partial charge in [0.1, 0.15) is 59.8 Å². The molecule has 7 rings (SSSR count). The highest BCUT2D eigenvalue weighted by atomic mass is 35.5. The highest BCUT2D eigenvalue weighted by molar-refractivity contribution is 8.77. The second-order valence-electron chi connectivity index (χ2n) is 21.6. The molecule has 2 bridgehead atoms. The molecule has 17 N–H and O–H groups in total. The second kappa shape index (κ2) is 33.6. The maximum Gasteiger partial charge on any atom is 0.251 e. The summed E-state index contributed by atoms with van der Waals surface area (Å²) in [6, 6.07) is 18.7. The third-order valence-electron chi connectivity index (χ3n) is 14.8. The summed E-state index contributed by atoms with van der Waals surface area (Å²) >= 11 is 6.20. The number of nitrogens with one attached hydrogen (secondary N) is 10. The van der Waals surface area contributed by atoms with Crippen LogP contribution in [-0.2, 0) is 68.8 Å². The van der Waals surface area contributed by atoms with Crippen LogP contribution in [0.25, 0.3) is 0 Å². The largest absolute Gasteiger partial charge is 0.508 e. The molecule has 2 aliphatic heterocycles. The average Bonchev–Trinajstić information content (AvgIpc) is 0.842. The molecule has 29 heteroatoms. The van der Waals surface area contributed by atoms with E-state index in [2.05, 4.69) is 53.2 Å². The summed E-state index contributed by atoms with van der Waals surface area (Å²) in [7, 11) is 3.25. The molecule has 2 aliphatic rings. The summed E-state index contributed by atoms with van der Waals surface area (Å²) in [5, 5.41) is 57.9. The van der Waals surface area contributed by atoms with Crippen LogP contribution in [0.15, 0.2) is 127 Å². The van der Waals surface area contributed by atoms with E-state index in [1.165, 1.54) is 84.9 Å². The van der Waals surface area contributed by atoms with Crippen LogP contribution in [-0.4, -0.2) is 166 Å². The molecule has 2 heterocycles. The van der Waals surface area contributed by atoms with Crippen molar-refractivity contribution in [2.45, 2.75) is 105 Å². The van der Waals surface area contributed by atoms with Gasteiger partial charge in [-0.15, -0.1) is 0 Å². The summed E-state index contributed by atoms with van der Waals surface area (Å²) in [5.74, 6) is -10.7. The van der Waals surface area contributed by atoms with Gasteiger partial charge in [0.25, 0.3) is 5.91 Å². The molecule has 2 fully saturated rings. The van der Waals surface area contributed by atoms with Gasteiger partial charge in [-0.3, -0.25) is 52.7 Å². The molecule has 26 nitrogen and oxygen atoms in total. The Morgan fingerprint density at radius 3 is 1.74 bits per heavy atom. The number of fused-ring (bicyclic) bond motifs is 2. The third kappa shape index (κ3) is 20.7. The standard InChI is InChI=1S/C62H71ClN12O14S2/c1-66-26-6-5-9-42-56(83)74-49-51(79)52(50(75-61(49)88)62(89)70-43(54(65)81)27-35-14-22-40(76)23-15-35)91-90-32-47(73-57(84)44(28-34-12-20-39(63)21-13-34)68-48(78)31-67-55(82)38-7-3-2-4-8-38)60(87)72-46(30-36-16-24-41(77)25-17-36)59(86)71-45(58(85)69-42)29-33-10-18-37(19-11-33)53(64)80/h2-4,7-8,10-25,42-47,49-52,66,76-77,79H,5-6,9,26-32H2,1H3,(H2,64,80)(H2,65,81)(H,67,82)(H,68,78)(H,69,85)(H,70,89)(H,71,86)(H,72,87)(H,73,84)(H,74,83)(H,75,88)/t42-,43+,44-,45+,46-,47+,49-,50-,51-,52?/m0/s1. The van der Waals surface area contributed by atoms with Gasteiger partial charge < -0.3 is 80.0 Å². The SMILES string of the molecule is CNCCCC[C@@H]1NC(=O)[C@@H](Cc2ccc(C(N)=O)cc2)NC(=O)[C@H](Cc2ccc(O)cc2)NC(=O)[C@H](NC(=O)[C@H](Cc2ccc(Cl)cc2)NC(=O)CNC(=O)c2ccccc2)CSSC2[C@@H](C(=O)N[C@H](Cc3ccc(O)cc3)C(N)=O)NC(=O)[C@@H](NC1=O)[C@@H]2O. The Bertz CT molecular complexity index is 3410. The fourth-order valence-corrected chi connectivity index (χ4v) is 12.9. The van der Waals surface area contributed by atoms with Gasteiger partial charge in [-0.1, -0.05) is 99.9 Å². The molecule has 0 aliphatic carbocycles. The van der Waals surface area contributed by atoms with E-state index in [0.29, 0.717) is 46.7 Å². The van der Waals surface area contributed by atoms with Crippen LogP contribution in [0.4, 0.5) is 0 Å². The zero-order chi connectivity index (χ0) is 65.7. The van der Waals surface area contributed by atoms with Crippen molar-refractivity contribution in [3.05, 3.63) is 166 Å². The van der Waals surface area contributed by atoms with Gasteiger partial charge >= 0.3 is 0 Å². The van der Waals surface area contributed by atoms with E-state index in [9.17, 15) is 63.3 Å². The van der Waals surface area contributed by atoms with Crippen LogP contribution < -0.4 is 64.6 Å².